The summed E-state index contributed by atoms with van der Waals surface area (Å²) in [5, 5.41) is 0.378. The fraction of sp³-hybridized carbons (Fsp3) is 0.600. The van der Waals surface area contributed by atoms with E-state index in [4.69, 9.17) is 11.6 Å². The second-order valence-electron chi connectivity index (χ2n) is 5.34. The number of hydrogen-bond donors (Lipinski definition) is 0. The van der Waals surface area contributed by atoms with E-state index >= 15 is 0 Å². The first kappa shape index (κ1) is 14.3. The van der Waals surface area contributed by atoms with Crippen LogP contribution in [0.25, 0.3) is 0 Å². The molecule has 0 N–H and O–H groups in total. The first-order chi connectivity index (χ1) is 9.13. The van der Waals surface area contributed by atoms with Gasteiger partial charge in [0.2, 0.25) is 0 Å². The zero-order valence-electron chi connectivity index (χ0n) is 11.6. The SMILES string of the molecule is CCC[C@@H]1[C@H](C)CCCN1C(=O)c1ccnc(Cl)c1. The maximum atomic E-state index is 12.6. The van der Waals surface area contributed by atoms with Crippen molar-refractivity contribution in [3.8, 4) is 0 Å². The number of nitrogens with zero attached hydrogens (tertiary/aromatic N) is 2. The lowest BCUT2D eigenvalue weighted by Crippen LogP contribution is -2.47. The van der Waals surface area contributed by atoms with E-state index in [2.05, 4.69) is 18.8 Å². The molecule has 0 unspecified atom stereocenters. The van der Waals surface area contributed by atoms with E-state index in [0.29, 0.717) is 22.7 Å². The van der Waals surface area contributed by atoms with Crippen molar-refractivity contribution in [3.63, 3.8) is 0 Å². The Morgan fingerprint density at radius 1 is 1.58 bits per heavy atom. The molecule has 19 heavy (non-hydrogen) atoms. The Kier molecular flexibility index (Phi) is 4.81. The van der Waals surface area contributed by atoms with Gasteiger partial charge in [-0.1, -0.05) is 31.9 Å². The first-order valence-corrected chi connectivity index (χ1v) is 7.43. The highest BCUT2D eigenvalue weighted by atomic mass is 35.5. The molecule has 0 spiro atoms. The summed E-state index contributed by atoms with van der Waals surface area (Å²) < 4.78 is 0. The summed E-state index contributed by atoms with van der Waals surface area (Å²) in [6, 6.07) is 3.76. The van der Waals surface area contributed by atoms with Gasteiger partial charge < -0.3 is 4.90 Å². The van der Waals surface area contributed by atoms with Crippen LogP contribution >= 0.6 is 11.6 Å². The van der Waals surface area contributed by atoms with Crippen LogP contribution in [0.15, 0.2) is 18.3 Å². The molecule has 0 bridgehead atoms. The van der Waals surface area contributed by atoms with Gasteiger partial charge in [-0.25, -0.2) is 4.98 Å². The van der Waals surface area contributed by atoms with Crippen molar-refractivity contribution >= 4 is 17.5 Å². The van der Waals surface area contributed by atoms with Crippen molar-refractivity contribution in [3.05, 3.63) is 29.0 Å². The van der Waals surface area contributed by atoms with E-state index in [-0.39, 0.29) is 5.91 Å². The lowest BCUT2D eigenvalue weighted by Gasteiger charge is -2.40. The largest absolute Gasteiger partial charge is 0.335 e. The third-order valence-electron chi connectivity index (χ3n) is 3.93. The summed E-state index contributed by atoms with van der Waals surface area (Å²) in [7, 11) is 0. The molecule has 1 aromatic heterocycles. The molecule has 1 aliphatic rings. The number of likely N-dealkylation sites (tertiary alicyclic amines) is 1. The number of carbonyl (C=O) groups is 1. The predicted molar refractivity (Wildman–Crippen MR) is 77.4 cm³/mol. The van der Waals surface area contributed by atoms with E-state index in [1.165, 1.54) is 6.42 Å². The Labute approximate surface area is 120 Å². The molecule has 1 aromatic rings. The number of piperidine rings is 1. The van der Waals surface area contributed by atoms with Crippen molar-refractivity contribution in [2.45, 2.75) is 45.6 Å². The summed E-state index contributed by atoms with van der Waals surface area (Å²) in [5.74, 6) is 0.671. The van der Waals surface area contributed by atoms with Crippen molar-refractivity contribution in [2.75, 3.05) is 6.54 Å². The maximum absolute atomic E-state index is 12.6. The molecule has 3 nitrogen and oxygen atoms in total. The average Bonchev–Trinajstić information content (AvgIpc) is 2.40. The van der Waals surface area contributed by atoms with E-state index in [1.54, 1.807) is 18.3 Å². The van der Waals surface area contributed by atoms with Crippen LogP contribution in [-0.4, -0.2) is 28.4 Å². The lowest BCUT2D eigenvalue weighted by atomic mass is 9.87. The van der Waals surface area contributed by atoms with Crippen LogP contribution in [0, 0.1) is 5.92 Å². The zero-order valence-corrected chi connectivity index (χ0v) is 12.4. The van der Waals surface area contributed by atoms with Crippen LogP contribution in [0.5, 0.6) is 0 Å². The molecule has 2 heterocycles. The highest BCUT2D eigenvalue weighted by Crippen LogP contribution is 2.28. The van der Waals surface area contributed by atoms with E-state index in [0.717, 1.165) is 25.8 Å². The summed E-state index contributed by atoms with van der Waals surface area (Å²) in [5.41, 5.74) is 0.648. The summed E-state index contributed by atoms with van der Waals surface area (Å²) in [6.45, 7) is 5.28. The molecule has 1 saturated heterocycles. The number of rotatable bonds is 3. The highest BCUT2D eigenvalue weighted by molar-refractivity contribution is 6.29. The third kappa shape index (κ3) is 3.27. The number of amides is 1. The smallest absolute Gasteiger partial charge is 0.254 e. The van der Waals surface area contributed by atoms with Crippen LogP contribution in [-0.2, 0) is 0 Å². The van der Waals surface area contributed by atoms with Crippen molar-refractivity contribution in [1.82, 2.24) is 9.88 Å². The second-order valence-corrected chi connectivity index (χ2v) is 5.73. The number of carbonyl (C=O) groups excluding carboxylic acids is 1. The fourth-order valence-corrected chi connectivity index (χ4v) is 3.11. The Bertz CT molecular complexity index is 450. The van der Waals surface area contributed by atoms with Gasteiger partial charge in [0.15, 0.2) is 0 Å². The average molecular weight is 281 g/mol. The topological polar surface area (TPSA) is 33.2 Å². The molecule has 2 rings (SSSR count). The number of aromatic nitrogens is 1. The minimum atomic E-state index is 0.0919. The highest BCUT2D eigenvalue weighted by Gasteiger charge is 2.31. The molecule has 2 atom stereocenters. The quantitative estimate of drug-likeness (QED) is 0.790. The molecule has 0 saturated carbocycles. The number of pyridine rings is 1. The maximum Gasteiger partial charge on any atom is 0.254 e. The Balaban J connectivity index is 2.20. The molecule has 0 aliphatic carbocycles. The molecule has 1 fully saturated rings. The van der Waals surface area contributed by atoms with Crippen LogP contribution in [0.4, 0.5) is 0 Å². The van der Waals surface area contributed by atoms with Gasteiger partial charge in [-0.05, 0) is 37.3 Å². The molecule has 1 amide bonds. The minimum absolute atomic E-state index is 0.0919. The van der Waals surface area contributed by atoms with Gasteiger partial charge in [0, 0.05) is 24.3 Å². The predicted octanol–water partition coefficient (Wildman–Crippen LogP) is 3.78. The third-order valence-corrected chi connectivity index (χ3v) is 4.14. The standard InChI is InChI=1S/C15H21ClN2O/c1-3-5-13-11(2)6-4-9-18(13)15(19)12-7-8-17-14(16)10-12/h7-8,10-11,13H,3-6,9H2,1-2H3/t11-,13-/m1/s1. The van der Waals surface area contributed by atoms with Crippen molar-refractivity contribution in [2.24, 2.45) is 5.92 Å². The van der Waals surface area contributed by atoms with Gasteiger partial charge in [0.25, 0.3) is 5.91 Å². The first-order valence-electron chi connectivity index (χ1n) is 7.06. The van der Waals surface area contributed by atoms with Crippen LogP contribution < -0.4 is 0 Å². The molecule has 1 aliphatic heterocycles. The minimum Gasteiger partial charge on any atom is -0.335 e. The molecule has 0 aromatic carbocycles. The summed E-state index contributed by atoms with van der Waals surface area (Å²) in [4.78, 5) is 18.6. The fourth-order valence-electron chi connectivity index (χ4n) is 2.94. The molecule has 4 heteroatoms. The Hall–Kier alpha value is -1.09. The summed E-state index contributed by atoms with van der Waals surface area (Å²) >= 11 is 5.87. The molecular formula is C15H21ClN2O. The van der Waals surface area contributed by atoms with Crippen LogP contribution in [0.3, 0.4) is 0 Å². The van der Waals surface area contributed by atoms with E-state index < -0.39 is 0 Å². The van der Waals surface area contributed by atoms with E-state index in [9.17, 15) is 4.79 Å². The normalized spacial score (nSPS) is 23.4. The summed E-state index contributed by atoms with van der Waals surface area (Å²) in [6.07, 6.45) is 6.08. The van der Waals surface area contributed by atoms with Crippen LogP contribution in [0.1, 0.15) is 49.9 Å². The number of halogens is 1. The zero-order chi connectivity index (χ0) is 13.8. The molecule has 104 valence electrons. The van der Waals surface area contributed by atoms with Crippen molar-refractivity contribution in [1.29, 1.82) is 0 Å². The van der Waals surface area contributed by atoms with E-state index in [1.807, 2.05) is 4.90 Å². The monoisotopic (exact) mass is 280 g/mol. The van der Waals surface area contributed by atoms with Gasteiger partial charge in [0.05, 0.1) is 0 Å². The molecular weight excluding hydrogens is 260 g/mol. The van der Waals surface area contributed by atoms with Crippen LogP contribution in [0.2, 0.25) is 5.15 Å². The number of hydrogen-bond acceptors (Lipinski definition) is 2. The Morgan fingerprint density at radius 2 is 2.37 bits per heavy atom. The second kappa shape index (κ2) is 6.38. The van der Waals surface area contributed by atoms with Crippen molar-refractivity contribution < 1.29 is 4.79 Å². The van der Waals surface area contributed by atoms with Gasteiger partial charge in [-0.15, -0.1) is 0 Å². The van der Waals surface area contributed by atoms with Gasteiger partial charge in [-0.2, -0.15) is 0 Å². The van der Waals surface area contributed by atoms with Gasteiger partial charge in [0.1, 0.15) is 5.15 Å². The van der Waals surface area contributed by atoms with Gasteiger partial charge in [-0.3, -0.25) is 4.79 Å². The lowest BCUT2D eigenvalue weighted by molar-refractivity contribution is 0.0497. The Morgan fingerprint density at radius 3 is 3.05 bits per heavy atom. The van der Waals surface area contributed by atoms with Gasteiger partial charge >= 0.3 is 0 Å². The molecule has 0 radical (unpaired) electrons.